The van der Waals surface area contributed by atoms with Gasteiger partial charge in [-0.3, -0.25) is 0 Å². The van der Waals surface area contributed by atoms with Crippen LogP contribution in [0, 0.1) is 17.6 Å². The van der Waals surface area contributed by atoms with Crippen LogP contribution in [-0.2, 0) is 0 Å². The molecule has 1 aromatic heterocycles. The Bertz CT molecular complexity index is 219. The molecule has 0 aliphatic heterocycles. The van der Waals surface area contributed by atoms with Crippen LogP contribution < -0.4 is 0 Å². The number of hydrogen-bond acceptors (Lipinski definition) is 1. The summed E-state index contributed by atoms with van der Waals surface area (Å²) >= 11 is 0. The third kappa shape index (κ3) is 0.728. The van der Waals surface area contributed by atoms with Gasteiger partial charge in [-0.05, 0) is 12.1 Å². The lowest BCUT2D eigenvalue weighted by molar-refractivity contribution is 1.56. The first kappa shape index (κ1) is 5.33. The maximum Gasteiger partial charge on any atom is 0.349 e. The first-order chi connectivity index (χ1) is 3.84. The predicted octanol–water partition coefficient (Wildman–Crippen LogP) is 2.07. The zero-order valence-corrected chi connectivity index (χ0v) is 5.40. The number of aryl methyl sites for hydroxylation is 1. The van der Waals surface area contributed by atoms with Gasteiger partial charge in [-0.15, -0.1) is 5.26 Å². The zero-order valence-electron chi connectivity index (χ0n) is 4.59. The Hall–Kier alpha value is -0.810. The van der Waals surface area contributed by atoms with Gasteiger partial charge in [0.05, 0.1) is 10.5 Å². The molecule has 1 nitrogen and oxygen atoms in total. The number of rotatable bonds is 0. The van der Waals surface area contributed by atoms with E-state index in [1.54, 1.807) is 0 Å². The molecule has 2 heteroatoms. The lowest BCUT2D eigenvalue weighted by Crippen LogP contribution is -1.54. The van der Waals surface area contributed by atoms with Gasteiger partial charge in [-0.1, -0.05) is 0 Å². The summed E-state index contributed by atoms with van der Waals surface area (Å²) in [5, 5.41) is 12.5. The molecule has 1 unspecified atom stereocenters. The number of nitrogens with zero attached hydrogens (tertiary/aromatic N) is 1. The summed E-state index contributed by atoms with van der Waals surface area (Å²) in [6.45, 7) is 1.98. The van der Waals surface area contributed by atoms with Crippen LogP contribution in [0.1, 0.15) is 4.88 Å². The monoisotopic (exact) mass is 124 g/mol. The summed E-state index contributed by atoms with van der Waals surface area (Å²) in [5.41, 5.74) is 0. The lowest BCUT2D eigenvalue weighted by Gasteiger charge is -1.65. The van der Waals surface area contributed by atoms with Crippen LogP contribution in [0.3, 0.4) is 0 Å². The molecule has 1 aromatic rings. The standard InChI is InChI=1S/C6H6NS/c1-6-3-2-4-8(6)5-7/h2-4H,1H3/q+1. The molecule has 0 aromatic carbocycles. The van der Waals surface area contributed by atoms with Crippen molar-refractivity contribution < 1.29 is 0 Å². The normalized spacial score (nSPS) is 10.8. The maximum atomic E-state index is 8.41. The summed E-state index contributed by atoms with van der Waals surface area (Å²) < 4.78 is 0. The van der Waals surface area contributed by atoms with Crippen LogP contribution in [0.4, 0.5) is 0 Å². The Morgan fingerprint density at radius 1 is 1.75 bits per heavy atom. The van der Waals surface area contributed by atoms with Gasteiger partial charge in [0.25, 0.3) is 0 Å². The number of thiophene rings is 1. The molecular weight excluding hydrogens is 118 g/mol. The molecule has 40 valence electrons. The maximum absolute atomic E-state index is 8.41. The molecule has 1 atom stereocenters. The van der Waals surface area contributed by atoms with E-state index < -0.39 is 0 Å². The second-order valence-corrected chi connectivity index (χ2v) is 3.31. The van der Waals surface area contributed by atoms with Crippen LogP contribution in [-0.4, -0.2) is 0 Å². The minimum absolute atomic E-state index is 0.193. The SMILES string of the molecule is Cc1ccc[s+]1C#N. The topological polar surface area (TPSA) is 23.8 Å². The Morgan fingerprint density at radius 3 is 2.75 bits per heavy atom. The first-order valence-corrected chi connectivity index (χ1v) is 3.61. The Labute approximate surface area is 51.2 Å². The molecule has 0 aliphatic rings. The summed E-state index contributed by atoms with van der Waals surface area (Å²) in [6.07, 6.45) is 0. The number of nitriles is 1. The molecule has 0 radical (unpaired) electrons. The van der Waals surface area contributed by atoms with Gasteiger partial charge in [-0.2, -0.15) is 0 Å². The highest BCUT2D eigenvalue weighted by Gasteiger charge is 2.04. The molecule has 0 N–H and O–H groups in total. The van der Waals surface area contributed by atoms with Crippen molar-refractivity contribution in [1.82, 2.24) is 0 Å². The summed E-state index contributed by atoms with van der Waals surface area (Å²) in [4.78, 5) is 1.17. The highest BCUT2D eigenvalue weighted by molar-refractivity contribution is 7.36. The average molecular weight is 124 g/mol. The van der Waals surface area contributed by atoms with E-state index in [4.69, 9.17) is 5.26 Å². The molecule has 1 rings (SSSR count). The van der Waals surface area contributed by atoms with Crippen molar-refractivity contribution in [3.8, 4) is 5.40 Å². The predicted molar refractivity (Wildman–Crippen MR) is 34.7 cm³/mol. The van der Waals surface area contributed by atoms with Crippen molar-refractivity contribution in [2.75, 3.05) is 0 Å². The van der Waals surface area contributed by atoms with Crippen LogP contribution in [0.2, 0.25) is 0 Å². The summed E-state index contributed by atoms with van der Waals surface area (Å²) in [7, 11) is -0.193. The second kappa shape index (κ2) is 1.97. The van der Waals surface area contributed by atoms with Crippen molar-refractivity contribution >= 4 is 10.5 Å². The van der Waals surface area contributed by atoms with Crippen LogP contribution in [0.25, 0.3) is 0 Å². The van der Waals surface area contributed by atoms with Crippen LogP contribution in [0.5, 0.6) is 0 Å². The van der Waals surface area contributed by atoms with Gasteiger partial charge in [0.2, 0.25) is 0 Å². The van der Waals surface area contributed by atoms with Crippen molar-refractivity contribution in [2.45, 2.75) is 6.92 Å². The molecule has 0 spiro atoms. The van der Waals surface area contributed by atoms with Crippen LogP contribution in [0.15, 0.2) is 17.5 Å². The third-order valence-electron chi connectivity index (χ3n) is 0.991. The fraction of sp³-hybridized carbons (Fsp3) is 0.167. The third-order valence-corrected chi connectivity index (χ3v) is 2.45. The van der Waals surface area contributed by atoms with Gasteiger partial charge in [0, 0.05) is 6.92 Å². The summed E-state index contributed by atoms with van der Waals surface area (Å²) in [6, 6.07) is 3.91. The van der Waals surface area contributed by atoms with E-state index in [-0.39, 0.29) is 10.5 Å². The smallest absolute Gasteiger partial charge is 0.130 e. The Kier molecular flexibility index (Phi) is 1.32. The van der Waals surface area contributed by atoms with E-state index in [0.717, 1.165) is 0 Å². The zero-order chi connectivity index (χ0) is 5.98. The minimum atomic E-state index is -0.193. The van der Waals surface area contributed by atoms with Gasteiger partial charge < -0.3 is 0 Å². The van der Waals surface area contributed by atoms with Crippen molar-refractivity contribution in [2.24, 2.45) is 0 Å². The Balaban J connectivity index is 3.15. The Morgan fingerprint density at radius 2 is 2.50 bits per heavy atom. The van der Waals surface area contributed by atoms with E-state index in [0.29, 0.717) is 0 Å². The molecule has 1 heterocycles. The fourth-order valence-corrected chi connectivity index (χ4v) is 1.42. The van der Waals surface area contributed by atoms with Gasteiger partial charge in [0.15, 0.2) is 10.3 Å². The highest BCUT2D eigenvalue weighted by Crippen LogP contribution is 2.20. The molecule has 0 aliphatic carbocycles. The van der Waals surface area contributed by atoms with Crippen LogP contribution >= 0.6 is 10.5 Å². The van der Waals surface area contributed by atoms with Crippen molar-refractivity contribution in [3.05, 3.63) is 22.4 Å². The molecule has 0 amide bonds. The fourth-order valence-electron chi connectivity index (χ4n) is 0.536. The van der Waals surface area contributed by atoms with E-state index in [1.807, 2.05) is 24.4 Å². The quantitative estimate of drug-likeness (QED) is 0.486. The molecule has 0 saturated heterocycles. The van der Waals surface area contributed by atoms with Gasteiger partial charge in [-0.25, -0.2) is 0 Å². The van der Waals surface area contributed by atoms with E-state index in [2.05, 4.69) is 5.40 Å². The molecule has 8 heavy (non-hydrogen) atoms. The summed E-state index contributed by atoms with van der Waals surface area (Å²) in [5.74, 6) is 0. The van der Waals surface area contributed by atoms with Gasteiger partial charge in [0.1, 0.15) is 0 Å². The minimum Gasteiger partial charge on any atom is -0.130 e. The lowest BCUT2D eigenvalue weighted by atomic mass is 10.5. The largest absolute Gasteiger partial charge is 0.349 e. The molecule has 0 saturated carbocycles. The van der Waals surface area contributed by atoms with Crippen molar-refractivity contribution in [1.29, 1.82) is 5.26 Å². The number of hydrogen-bond donors (Lipinski definition) is 0. The second-order valence-electron chi connectivity index (χ2n) is 1.53. The molecule has 0 bridgehead atoms. The van der Waals surface area contributed by atoms with E-state index >= 15 is 0 Å². The molecule has 0 fully saturated rings. The first-order valence-electron chi connectivity index (χ1n) is 2.32. The highest BCUT2D eigenvalue weighted by atomic mass is 32.2. The van der Waals surface area contributed by atoms with E-state index in [9.17, 15) is 0 Å². The van der Waals surface area contributed by atoms with E-state index in [1.165, 1.54) is 4.88 Å². The average Bonchev–Trinajstić information content (AvgIpc) is 2.14. The molecular formula is C6H6NS+. The van der Waals surface area contributed by atoms with Crippen molar-refractivity contribution in [3.63, 3.8) is 0 Å². The van der Waals surface area contributed by atoms with Gasteiger partial charge >= 0.3 is 5.40 Å².